The highest BCUT2D eigenvalue weighted by atomic mass is 19.3. The van der Waals surface area contributed by atoms with Crippen LogP contribution >= 0.6 is 0 Å². The van der Waals surface area contributed by atoms with Crippen molar-refractivity contribution in [1.29, 1.82) is 0 Å². The molecule has 1 atom stereocenters. The Bertz CT molecular complexity index is 408. The fourth-order valence-corrected chi connectivity index (χ4v) is 1.67. The van der Waals surface area contributed by atoms with Crippen molar-refractivity contribution in [2.45, 2.75) is 19.3 Å². The third-order valence-corrected chi connectivity index (χ3v) is 2.45. The number of nitrogens with zero attached hydrogens (tertiary/aromatic N) is 2. The van der Waals surface area contributed by atoms with Gasteiger partial charge < -0.3 is 5.73 Å². The first-order valence-corrected chi connectivity index (χ1v) is 4.50. The number of anilines is 1. The van der Waals surface area contributed by atoms with Gasteiger partial charge in [0.2, 0.25) is 12.4 Å². The minimum absolute atomic E-state index is 0.0106. The molecule has 0 amide bonds. The van der Waals surface area contributed by atoms with E-state index in [9.17, 15) is 13.6 Å². The molecule has 0 aromatic carbocycles. The van der Waals surface area contributed by atoms with Crippen LogP contribution in [-0.2, 0) is 6.42 Å². The first-order valence-electron chi connectivity index (χ1n) is 4.50. The molecule has 0 saturated heterocycles. The van der Waals surface area contributed by atoms with E-state index in [2.05, 4.69) is 9.97 Å². The summed E-state index contributed by atoms with van der Waals surface area (Å²) in [5, 5.41) is 0. The van der Waals surface area contributed by atoms with Gasteiger partial charge in [-0.3, -0.25) is 4.79 Å². The average Bonchev–Trinajstić information content (AvgIpc) is 2.16. The first-order chi connectivity index (χ1) is 7.08. The number of ketones is 1. The van der Waals surface area contributed by atoms with Crippen LogP contribution in [0.3, 0.4) is 0 Å². The third-order valence-electron chi connectivity index (χ3n) is 2.45. The van der Waals surface area contributed by atoms with E-state index in [4.69, 9.17) is 5.73 Å². The van der Waals surface area contributed by atoms with Crippen molar-refractivity contribution < 1.29 is 13.6 Å². The molecular weight excluding hydrogens is 204 g/mol. The number of Topliss-reactive ketones (excluding diaryl/α,β-unsaturated/α-hetero) is 1. The Balaban J connectivity index is 2.37. The van der Waals surface area contributed by atoms with Gasteiger partial charge >= 0.3 is 0 Å². The van der Waals surface area contributed by atoms with E-state index in [-0.39, 0.29) is 24.6 Å². The maximum atomic E-state index is 12.5. The quantitative estimate of drug-likeness (QED) is 0.757. The molecule has 15 heavy (non-hydrogen) atoms. The van der Waals surface area contributed by atoms with Crippen molar-refractivity contribution in [3.05, 3.63) is 17.5 Å². The number of hydrogen-bond donors (Lipinski definition) is 1. The number of halogens is 2. The van der Waals surface area contributed by atoms with E-state index in [0.717, 1.165) is 0 Å². The molecule has 1 aromatic heterocycles. The summed E-state index contributed by atoms with van der Waals surface area (Å²) < 4.78 is 24.9. The number of nitrogen functional groups attached to an aromatic ring is 1. The van der Waals surface area contributed by atoms with Gasteiger partial charge in [0.05, 0.1) is 11.3 Å². The van der Waals surface area contributed by atoms with Gasteiger partial charge in [0.1, 0.15) is 0 Å². The lowest BCUT2D eigenvalue weighted by Crippen LogP contribution is -2.26. The molecule has 0 aliphatic heterocycles. The Kier molecular flexibility index (Phi) is 2.34. The number of hydrogen-bond acceptors (Lipinski definition) is 4. The summed E-state index contributed by atoms with van der Waals surface area (Å²) >= 11 is 0. The fourth-order valence-electron chi connectivity index (χ4n) is 1.67. The SMILES string of the molecule is Nc1ncc2c(n1)CC(C(F)F)CC2=O. The number of fused-ring (bicyclic) bond motifs is 1. The molecule has 0 spiro atoms. The van der Waals surface area contributed by atoms with Gasteiger partial charge in [0, 0.05) is 18.5 Å². The molecule has 1 aromatic rings. The molecule has 0 saturated carbocycles. The number of carbonyl (C=O) groups is 1. The van der Waals surface area contributed by atoms with Crippen LogP contribution in [0.2, 0.25) is 0 Å². The summed E-state index contributed by atoms with van der Waals surface area (Å²) in [6, 6.07) is 0. The zero-order valence-electron chi connectivity index (χ0n) is 7.78. The van der Waals surface area contributed by atoms with Crippen molar-refractivity contribution in [2.75, 3.05) is 5.73 Å². The lowest BCUT2D eigenvalue weighted by atomic mass is 9.87. The molecule has 4 nitrogen and oxygen atoms in total. The fraction of sp³-hybridized carbons (Fsp3) is 0.444. The highest BCUT2D eigenvalue weighted by Gasteiger charge is 2.32. The normalized spacial score (nSPS) is 20.5. The van der Waals surface area contributed by atoms with Gasteiger partial charge in [-0.25, -0.2) is 18.7 Å². The smallest absolute Gasteiger partial charge is 0.242 e. The highest BCUT2D eigenvalue weighted by Crippen LogP contribution is 2.28. The Hall–Kier alpha value is -1.59. The van der Waals surface area contributed by atoms with Gasteiger partial charge in [-0.05, 0) is 6.42 Å². The predicted octanol–water partition coefficient (Wildman–Crippen LogP) is 1.07. The van der Waals surface area contributed by atoms with E-state index in [0.29, 0.717) is 11.3 Å². The second-order valence-electron chi connectivity index (χ2n) is 3.51. The minimum Gasteiger partial charge on any atom is -0.368 e. The van der Waals surface area contributed by atoms with E-state index in [1.54, 1.807) is 0 Å². The van der Waals surface area contributed by atoms with Crippen LogP contribution in [0.15, 0.2) is 6.20 Å². The topological polar surface area (TPSA) is 68.9 Å². The van der Waals surface area contributed by atoms with Crippen LogP contribution in [0, 0.1) is 5.92 Å². The summed E-state index contributed by atoms with van der Waals surface area (Å²) in [4.78, 5) is 18.9. The van der Waals surface area contributed by atoms with Crippen LogP contribution in [0.4, 0.5) is 14.7 Å². The van der Waals surface area contributed by atoms with Crippen LogP contribution in [0.1, 0.15) is 22.5 Å². The zero-order valence-corrected chi connectivity index (χ0v) is 7.78. The molecule has 1 unspecified atom stereocenters. The van der Waals surface area contributed by atoms with Crippen molar-refractivity contribution in [2.24, 2.45) is 5.92 Å². The number of carbonyl (C=O) groups excluding carboxylic acids is 1. The standard InChI is InChI=1S/C9H9F2N3O/c10-8(11)4-1-6-5(7(15)2-4)3-13-9(12)14-6/h3-4,8H,1-2H2,(H2,12,13,14). The molecule has 80 valence electrons. The summed E-state index contributed by atoms with van der Waals surface area (Å²) in [7, 11) is 0. The molecule has 0 bridgehead atoms. The maximum Gasteiger partial charge on any atom is 0.242 e. The Labute approximate surface area is 84.5 Å². The van der Waals surface area contributed by atoms with Crippen molar-refractivity contribution in [3.8, 4) is 0 Å². The second kappa shape index (κ2) is 3.52. The van der Waals surface area contributed by atoms with Crippen LogP contribution in [0.5, 0.6) is 0 Å². The van der Waals surface area contributed by atoms with Gasteiger partial charge in [-0.15, -0.1) is 0 Å². The number of nitrogens with two attached hydrogens (primary N) is 1. The average molecular weight is 213 g/mol. The van der Waals surface area contributed by atoms with E-state index >= 15 is 0 Å². The van der Waals surface area contributed by atoms with Gasteiger partial charge in [-0.1, -0.05) is 0 Å². The summed E-state index contributed by atoms with van der Waals surface area (Å²) in [6.45, 7) is 0. The maximum absolute atomic E-state index is 12.5. The van der Waals surface area contributed by atoms with Crippen LogP contribution < -0.4 is 5.73 Å². The van der Waals surface area contributed by atoms with Crippen LogP contribution in [0.25, 0.3) is 0 Å². The van der Waals surface area contributed by atoms with E-state index in [1.807, 2.05) is 0 Å². The Morgan fingerprint density at radius 1 is 1.47 bits per heavy atom. The number of rotatable bonds is 1. The largest absolute Gasteiger partial charge is 0.368 e. The molecular formula is C9H9F2N3O. The lowest BCUT2D eigenvalue weighted by Gasteiger charge is -2.21. The number of alkyl halides is 2. The molecule has 2 N–H and O–H groups in total. The zero-order chi connectivity index (χ0) is 11.0. The van der Waals surface area contributed by atoms with E-state index < -0.39 is 12.3 Å². The highest BCUT2D eigenvalue weighted by molar-refractivity contribution is 5.98. The van der Waals surface area contributed by atoms with Crippen molar-refractivity contribution in [3.63, 3.8) is 0 Å². The molecule has 1 aliphatic rings. The Morgan fingerprint density at radius 2 is 2.20 bits per heavy atom. The van der Waals surface area contributed by atoms with Crippen molar-refractivity contribution in [1.82, 2.24) is 9.97 Å². The molecule has 1 heterocycles. The van der Waals surface area contributed by atoms with E-state index in [1.165, 1.54) is 6.20 Å². The summed E-state index contributed by atoms with van der Waals surface area (Å²) in [5.74, 6) is -1.27. The molecule has 1 aliphatic carbocycles. The van der Waals surface area contributed by atoms with Crippen LogP contribution in [-0.4, -0.2) is 22.2 Å². The monoisotopic (exact) mass is 213 g/mol. The minimum atomic E-state index is -2.50. The third kappa shape index (κ3) is 1.79. The van der Waals surface area contributed by atoms with Gasteiger partial charge in [-0.2, -0.15) is 0 Å². The predicted molar refractivity (Wildman–Crippen MR) is 48.6 cm³/mol. The van der Waals surface area contributed by atoms with Gasteiger partial charge in [0.15, 0.2) is 5.78 Å². The second-order valence-corrected chi connectivity index (χ2v) is 3.51. The molecule has 0 radical (unpaired) electrons. The number of aromatic nitrogens is 2. The molecule has 2 rings (SSSR count). The first kappa shape index (κ1) is 9.95. The lowest BCUT2D eigenvalue weighted by molar-refractivity contribution is 0.0591. The molecule has 6 heteroatoms. The summed E-state index contributed by atoms with van der Waals surface area (Å²) in [6.07, 6.45) is -1.25. The van der Waals surface area contributed by atoms with Gasteiger partial charge in [0.25, 0.3) is 0 Å². The van der Waals surface area contributed by atoms with Crippen molar-refractivity contribution >= 4 is 11.7 Å². The summed E-state index contributed by atoms with van der Waals surface area (Å²) in [5.41, 5.74) is 5.99. The molecule has 0 fully saturated rings. The Morgan fingerprint density at radius 3 is 2.87 bits per heavy atom.